The van der Waals surface area contributed by atoms with Crippen LogP contribution in [0.15, 0.2) is 65.3 Å². The van der Waals surface area contributed by atoms with E-state index in [1.54, 1.807) is 36.4 Å². The zero-order chi connectivity index (χ0) is 14.8. The molecular weight excluding hydrogens is 268 g/mol. The third kappa shape index (κ3) is 2.39. The summed E-state index contributed by atoms with van der Waals surface area (Å²) in [4.78, 5) is 12.2. The lowest BCUT2D eigenvalue weighted by molar-refractivity contribution is 0.104. The average Bonchev–Trinajstić information content (AvgIpc) is 2.98. The van der Waals surface area contributed by atoms with Crippen molar-refractivity contribution in [3.05, 3.63) is 72.0 Å². The third-order valence-corrected chi connectivity index (χ3v) is 3.21. The summed E-state index contributed by atoms with van der Waals surface area (Å²) < 4.78 is 5.15. The van der Waals surface area contributed by atoms with Crippen LogP contribution in [0.5, 0.6) is 5.75 Å². The number of aromatic hydroxyl groups is 1. The van der Waals surface area contributed by atoms with Crippen LogP contribution in [-0.2, 0) is 0 Å². The normalized spacial score (nSPS) is 11.7. The van der Waals surface area contributed by atoms with Gasteiger partial charge in [-0.3, -0.25) is 4.79 Å². The summed E-state index contributed by atoms with van der Waals surface area (Å²) in [6.45, 7) is 0. The number of fused-ring (bicyclic) bond motifs is 1. The van der Waals surface area contributed by atoms with Crippen LogP contribution in [-0.4, -0.2) is 16.0 Å². The molecule has 104 valence electrons. The van der Waals surface area contributed by atoms with E-state index in [0.29, 0.717) is 16.5 Å². The van der Waals surface area contributed by atoms with Crippen LogP contribution in [0.4, 0.5) is 0 Å². The number of furan rings is 1. The van der Waals surface area contributed by atoms with Crippen LogP contribution in [0.25, 0.3) is 16.7 Å². The molecule has 0 aliphatic rings. The summed E-state index contributed by atoms with van der Waals surface area (Å²) in [5.74, 6) is -0.771. The van der Waals surface area contributed by atoms with E-state index in [1.165, 1.54) is 12.3 Å². The molecule has 0 atom stereocenters. The first-order chi connectivity index (χ1) is 10.2. The van der Waals surface area contributed by atoms with E-state index in [9.17, 15) is 15.0 Å². The fraction of sp³-hybridized carbons (Fsp3) is 0. The molecule has 1 heterocycles. The van der Waals surface area contributed by atoms with Crippen molar-refractivity contribution in [3.8, 4) is 5.75 Å². The molecular formula is C17H12O4. The quantitative estimate of drug-likeness (QED) is 0.433. The van der Waals surface area contributed by atoms with Gasteiger partial charge in [-0.1, -0.05) is 30.3 Å². The molecule has 0 radical (unpaired) electrons. The molecule has 2 aromatic carbocycles. The first-order valence-corrected chi connectivity index (χ1v) is 6.36. The Bertz CT molecular complexity index is 828. The molecule has 0 bridgehead atoms. The van der Waals surface area contributed by atoms with Crippen molar-refractivity contribution in [3.63, 3.8) is 0 Å². The highest BCUT2D eigenvalue weighted by Crippen LogP contribution is 2.30. The van der Waals surface area contributed by atoms with Crippen molar-refractivity contribution < 1.29 is 19.4 Å². The smallest absolute Gasteiger partial charge is 0.193 e. The molecule has 21 heavy (non-hydrogen) atoms. The van der Waals surface area contributed by atoms with E-state index < -0.39 is 5.78 Å². The Morgan fingerprint density at radius 3 is 2.57 bits per heavy atom. The topological polar surface area (TPSA) is 70.7 Å². The largest absolute Gasteiger partial charge is 0.507 e. The number of hydrogen-bond acceptors (Lipinski definition) is 4. The highest BCUT2D eigenvalue weighted by Gasteiger charge is 2.14. The lowest BCUT2D eigenvalue weighted by atomic mass is 10.0. The molecule has 0 aliphatic carbocycles. The van der Waals surface area contributed by atoms with E-state index in [0.717, 1.165) is 6.08 Å². The molecule has 0 unspecified atom stereocenters. The summed E-state index contributed by atoms with van der Waals surface area (Å²) in [6.07, 6.45) is 2.53. The van der Waals surface area contributed by atoms with E-state index in [4.69, 9.17) is 4.42 Å². The van der Waals surface area contributed by atoms with E-state index in [2.05, 4.69) is 0 Å². The van der Waals surface area contributed by atoms with Crippen molar-refractivity contribution in [2.75, 3.05) is 0 Å². The number of carbonyl (C=O) groups is 1. The first-order valence-electron chi connectivity index (χ1n) is 6.36. The molecule has 0 fully saturated rings. The summed E-state index contributed by atoms with van der Waals surface area (Å²) in [7, 11) is 0. The minimum atomic E-state index is -0.475. The molecule has 2 N–H and O–H groups in total. The summed E-state index contributed by atoms with van der Waals surface area (Å²) in [6, 6.07) is 13.4. The van der Waals surface area contributed by atoms with Gasteiger partial charge in [0.1, 0.15) is 17.1 Å². The van der Waals surface area contributed by atoms with Gasteiger partial charge in [-0.25, -0.2) is 0 Å². The molecule has 1 aromatic heterocycles. The maximum atomic E-state index is 12.2. The zero-order valence-corrected chi connectivity index (χ0v) is 11.0. The van der Waals surface area contributed by atoms with Crippen LogP contribution >= 0.6 is 0 Å². The van der Waals surface area contributed by atoms with Gasteiger partial charge in [-0.2, -0.15) is 0 Å². The SMILES string of the molecule is O=C(/C=C(\O)c1ccccc1)c1ccc2occc2c1O. The lowest BCUT2D eigenvalue weighted by Gasteiger charge is -2.03. The Balaban J connectivity index is 1.99. The second kappa shape index (κ2) is 5.17. The zero-order valence-electron chi connectivity index (χ0n) is 11.0. The minimum absolute atomic E-state index is 0.117. The van der Waals surface area contributed by atoms with Crippen LogP contribution in [0.2, 0.25) is 0 Å². The van der Waals surface area contributed by atoms with Gasteiger partial charge >= 0.3 is 0 Å². The van der Waals surface area contributed by atoms with E-state index in [1.807, 2.05) is 6.07 Å². The van der Waals surface area contributed by atoms with Crippen LogP contribution in [0, 0.1) is 0 Å². The molecule has 4 nitrogen and oxygen atoms in total. The summed E-state index contributed by atoms with van der Waals surface area (Å²) in [5, 5.41) is 20.5. The van der Waals surface area contributed by atoms with Crippen LogP contribution in [0.1, 0.15) is 15.9 Å². The number of carbonyl (C=O) groups excluding carboxylic acids is 1. The fourth-order valence-electron chi connectivity index (χ4n) is 2.12. The molecule has 0 aliphatic heterocycles. The Morgan fingerprint density at radius 2 is 1.81 bits per heavy atom. The van der Waals surface area contributed by atoms with Gasteiger partial charge in [-0.15, -0.1) is 0 Å². The van der Waals surface area contributed by atoms with Crippen LogP contribution < -0.4 is 0 Å². The fourth-order valence-corrected chi connectivity index (χ4v) is 2.12. The maximum absolute atomic E-state index is 12.2. The molecule has 3 rings (SSSR count). The monoisotopic (exact) mass is 280 g/mol. The van der Waals surface area contributed by atoms with Gasteiger partial charge in [0.2, 0.25) is 0 Å². The number of phenolic OH excluding ortho intramolecular Hbond substituents is 1. The van der Waals surface area contributed by atoms with Crippen LogP contribution in [0.3, 0.4) is 0 Å². The molecule has 0 spiro atoms. The number of hydrogen-bond donors (Lipinski definition) is 2. The predicted octanol–water partition coefficient (Wildman–Crippen LogP) is 3.92. The third-order valence-electron chi connectivity index (χ3n) is 3.21. The number of benzene rings is 2. The van der Waals surface area contributed by atoms with E-state index in [-0.39, 0.29) is 17.1 Å². The van der Waals surface area contributed by atoms with Crippen molar-refractivity contribution in [1.82, 2.24) is 0 Å². The predicted molar refractivity (Wildman–Crippen MR) is 79.3 cm³/mol. The summed E-state index contributed by atoms with van der Waals surface area (Å²) >= 11 is 0. The lowest BCUT2D eigenvalue weighted by Crippen LogP contribution is -1.97. The minimum Gasteiger partial charge on any atom is -0.507 e. The number of ketones is 1. The standard InChI is InChI=1S/C17H12O4/c18-14(11-4-2-1-3-5-11)10-15(19)12-6-7-16-13(17(12)20)8-9-21-16/h1-10,18,20H/b14-10-. The molecule has 3 aromatic rings. The van der Waals surface area contributed by atoms with Crippen molar-refractivity contribution in [2.24, 2.45) is 0 Å². The second-order valence-corrected chi connectivity index (χ2v) is 4.55. The molecule has 0 saturated carbocycles. The van der Waals surface area contributed by atoms with Gasteiger partial charge in [-0.05, 0) is 18.2 Å². The number of aliphatic hydroxyl groups is 1. The Labute approximate surface area is 120 Å². The molecule has 0 amide bonds. The Morgan fingerprint density at radius 1 is 1.05 bits per heavy atom. The maximum Gasteiger partial charge on any atom is 0.193 e. The average molecular weight is 280 g/mol. The van der Waals surface area contributed by atoms with Crippen molar-refractivity contribution in [1.29, 1.82) is 0 Å². The Kier molecular flexibility index (Phi) is 3.20. The number of aliphatic hydroxyl groups excluding tert-OH is 1. The van der Waals surface area contributed by atoms with Gasteiger partial charge in [0.25, 0.3) is 0 Å². The highest BCUT2D eigenvalue weighted by molar-refractivity contribution is 6.12. The van der Waals surface area contributed by atoms with Gasteiger partial charge in [0.15, 0.2) is 5.78 Å². The molecule has 4 heteroatoms. The number of allylic oxidation sites excluding steroid dienone is 1. The number of phenols is 1. The highest BCUT2D eigenvalue weighted by atomic mass is 16.3. The van der Waals surface area contributed by atoms with E-state index >= 15 is 0 Å². The van der Waals surface area contributed by atoms with Gasteiger partial charge in [0.05, 0.1) is 17.2 Å². The number of rotatable bonds is 3. The van der Waals surface area contributed by atoms with Crippen molar-refractivity contribution >= 4 is 22.5 Å². The van der Waals surface area contributed by atoms with Gasteiger partial charge in [0, 0.05) is 11.6 Å². The van der Waals surface area contributed by atoms with Crippen molar-refractivity contribution in [2.45, 2.75) is 0 Å². The summed E-state index contributed by atoms with van der Waals surface area (Å²) in [5.41, 5.74) is 1.15. The molecule has 0 saturated heterocycles. The first kappa shape index (κ1) is 13.0. The van der Waals surface area contributed by atoms with Gasteiger partial charge < -0.3 is 14.6 Å². The Hall–Kier alpha value is -3.01. The second-order valence-electron chi connectivity index (χ2n) is 4.55.